The van der Waals surface area contributed by atoms with Crippen LogP contribution in [0.3, 0.4) is 0 Å². The number of hydrogen-bond acceptors (Lipinski definition) is 4. The van der Waals surface area contributed by atoms with Gasteiger partial charge < -0.3 is 20.7 Å². The molecule has 0 aliphatic heterocycles. The van der Waals surface area contributed by atoms with E-state index < -0.39 is 17.6 Å². The van der Waals surface area contributed by atoms with Crippen molar-refractivity contribution < 1.29 is 19.7 Å². The lowest BCUT2D eigenvalue weighted by atomic mass is 9.87. The Morgan fingerprint density at radius 1 is 1.44 bits per heavy atom. The van der Waals surface area contributed by atoms with E-state index in [1.54, 1.807) is 24.3 Å². The molecule has 1 aromatic rings. The molecular weight excluding hydrogens is 210 g/mol. The topological polar surface area (TPSA) is 92.8 Å². The van der Waals surface area contributed by atoms with Gasteiger partial charge in [-0.3, -0.25) is 0 Å². The lowest BCUT2D eigenvalue weighted by Crippen LogP contribution is -2.49. The van der Waals surface area contributed by atoms with Crippen molar-refractivity contribution in [2.24, 2.45) is 5.73 Å². The molecule has 0 aliphatic carbocycles. The summed E-state index contributed by atoms with van der Waals surface area (Å²) in [6, 6.07) is 6.58. The van der Waals surface area contributed by atoms with Crippen LogP contribution in [0.15, 0.2) is 24.3 Å². The van der Waals surface area contributed by atoms with E-state index >= 15 is 0 Å². The van der Waals surface area contributed by atoms with E-state index in [1.807, 2.05) is 0 Å². The quantitative estimate of drug-likeness (QED) is 0.686. The summed E-state index contributed by atoms with van der Waals surface area (Å²) in [5.74, 6) is -0.704. The first-order valence-corrected chi connectivity index (χ1v) is 4.74. The average molecular weight is 225 g/mol. The molecule has 0 aromatic heterocycles. The molecule has 0 saturated heterocycles. The Kier molecular flexibility index (Phi) is 3.51. The number of aliphatic hydroxyl groups excluding tert-OH is 1. The van der Waals surface area contributed by atoms with E-state index in [9.17, 15) is 9.90 Å². The van der Waals surface area contributed by atoms with Crippen LogP contribution in [0.1, 0.15) is 12.5 Å². The first kappa shape index (κ1) is 12.5. The van der Waals surface area contributed by atoms with Crippen molar-refractivity contribution in [3.8, 4) is 5.75 Å². The second-order valence-corrected chi connectivity index (χ2v) is 3.75. The number of carboxylic acid groups (broad SMARTS) is 1. The highest BCUT2D eigenvalue weighted by Gasteiger charge is 2.35. The number of ether oxygens (including phenoxy) is 1. The van der Waals surface area contributed by atoms with Crippen LogP contribution in [0.4, 0.5) is 0 Å². The number of methoxy groups -OCH3 is 1. The summed E-state index contributed by atoms with van der Waals surface area (Å²) in [4.78, 5) is 10.7. The van der Waals surface area contributed by atoms with Gasteiger partial charge in [-0.1, -0.05) is 12.1 Å². The van der Waals surface area contributed by atoms with E-state index in [1.165, 1.54) is 14.0 Å². The van der Waals surface area contributed by atoms with Gasteiger partial charge in [0.25, 0.3) is 0 Å². The van der Waals surface area contributed by atoms with Crippen LogP contribution in [-0.2, 0) is 10.3 Å². The number of aliphatic hydroxyl groups is 1. The second-order valence-electron chi connectivity index (χ2n) is 3.75. The molecule has 1 aromatic carbocycles. The van der Waals surface area contributed by atoms with Gasteiger partial charge in [-0.2, -0.15) is 0 Å². The zero-order valence-electron chi connectivity index (χ0n) is 9.18. The fourth-order valence-electron chi connectivity index (χ4n) is 1.36. The van der Waals surface area contributed by atoms with Crippen molar-refractivity contribution >= 4 is 5.97 Å². The van der Waals surface area contributed by atoms with Gasteiger partial charge in [-0.25, -0.2) is 4.79 Å². The summed E-state index contributed by atoms with van der Waals surface area (Å²) in [7, 11) is 1.53. The largest absolute Gasteiger partial charge is 0.497 e. The number of hydrogen-bond donors (Lipinski definition) is 3. The molecule has 0 heterocycles. The van der Waals surface area contributed by atoms with Gasteiger partial charge in [0, 0.05) is 0 Å². The standard InChI is InChI=1S/C11H15NO4/c1-11(12,9(13)10(14)15)7-3-5-8(16-2)6-4-7/h3-6,9,13H,12H2,1-2H3,(H,14,15). The third-order valence-corrected chi connectivity index (χ3v) is 2.51. The summed E-state index contributed by atoms with van der Waals surface area (Å²) in [6.07, 6.45) is -1.65. The van der Waals surface area contributed by atoms with Crippen molar-refractivity contribution in [1.82, 2.24) is 0 Å². The Bertz CT molecular complexity index is 372. The lowest BCUT2D eigenvalue weighted by Gasteiger charge is -2.28. The molecule has 16 heavy (non-hydrogen) atoms. The molecule has 4 N–H and O–H groups in total. The van der Waals surface area contributed by atoms with Gasteiger partial charge in [0.1, 0.15) is 5.75 Å². The van der Waals surface area contributed by atoms with Crippen LogP contribution in [0.2, 0.25) is 0 Å². The molecule has 0 fully saturated rings. The van der Waals surface area contributed by atoms with Gasteiger partial charge >= 0.3 is 5.97 Å². The fourth-order valence-corrected chi connectivity index (χ4v) is 1.36. The molecule has 5 heteroatoms. The molecule has 0 aliphatic rings. The van der Waals surface area contributed by atoms with Gasteiger partial charge in [-0.05, 0) is 24.6 Å². The third kappa shape index (κ3) is 2.32. The van der Waals surface area contributed by atoms with Gasteiger partial charge in [0.2, 0.25) is 0 Å². The molecule has 88 valence electrons. The Labute approximate surface area is 93.5 Å². The molecule has 2 atom stereocenters. The van der Waals surface area contributed by atoms with Crippen LogP contribution < -0.4 is 10.5 Å². The van der Waals surface area contributed by atoms with Gasteiger partial charge in [0.05, 0.1) is 12.6 Å². The zero-order chi connectivity index (χ0) is 12.3. The first-order valence-electron chi connectivity index (χ1n) is 4.74. The van der Waals surface area contributed by atoms with Crippen molar-refractivity contribution in [3.05, 3.63) is 29.8 Å². The van der Waals surface area contributed by atoms with Gasteiger partial charge in [0.15, 0.2) is 6.10 Å². The van der Waals surface area contributed by atoms with Crippen molar-refractivity contribution in [2.75, 3.05) is 7.11 Å². The highest BCUT2D eigenvalue weighted by Crippen LogP contribution is 2.24. The molecule has 0 amide bonds. The summed E-state index contributed by atoms with van der Waals surface area (Å²) in [6.45, 7) is 1.47. The maximum absolute atomic E-state index is 10.7. The van der Waals surface area contributed by atoms with E-state index in [0.29, 0.717) is 11.3 Å². The van der Waals surface area contributed by atoms with Crippen molar-refractivity contribution in [1.29, 1.82) is 0 Å². The molecule has 5 nitrogen and oxygen atoms in total. The number of carbonyl (C=O) groups is 1. The Morgan fingerprint density at radius 2 is 1.94 bits per heavy atom. The van der Waals surface area contributed by atoms with Gasteiger partial charge in [-0.15, -0.1) is 0 Å². The number of carboxylic acids is 1. The predicted octanol–water partition coefficient (Wildman–Crippen LogP) is 0.315. The highest BCUT2D eigenvalue weighted by atomic mass is 16.5. The summed E-state index contributed by atoms with van der Waals surface area (Å²) >= 11 is 0. The molecule has 1 rings (SSSR count). The highest BCUT2D eigenvalue weighted by molar-refractivity contribution is 5.74. The minimum atomic E-state index is -1.65. The molecular formula is C11H15NO4. The molecule has 0 spiro atoms. The van der Waals surface area contributed by atoms with Crippen LogP contribution in [-0.4, -0.2) is 29.4 Å². The summed E-state index contributed by atoms with van der Waals surface area (Å²) < 4.78 is 4.97. The molecule has 0 saturated carbocycles. The van der Waals surface area contributed by atoms with E-state index in [0.717, 1.165) is 0 Å². The number of benzene rings is 1. The average Bonchev–Trinajstić information content (AvgIpc) is 2.28. The SMILES string of the molecule is COc1ccc(C(C)(N)C(O)C(=O)O)cc1. The molecule has 0 bridgehead atoms. The van der Waals surface area contributed by atoms with Crippen LogP contribution in [0.5, 0.6) is 5.75 Å². The lowest BCUT2D eigenvalue weighted by molar-refractivity contribution is -0.150. The first-order chi connectivity index (χ1) is 7.39. The minimum absolute atomic E-state index is 0.531. The Morgan fingerprint density at radius 3 is 2.31 bits per heavy atom. The number of rotatable bonds is 4. The summed E-state index contributed by atoms with van der Waals surface area (Å²) in [5, 5.41) is 18.2. The van der Waals surface area contributed by atoms with Crippen molar-refractivity contribution in [2.45, 2.75) is 18.6 Å². The van der Waals surface area contributed by atoms with Crippen LogP contribution >= 0.6 is 0 Å². The third-order valence-electron chi connectivity index (χ3n) is 2.51. The smallest absolute Gasteiger partial charge is 0.334 e. The molecule has 2 unspecified atom stereocenters. The van der Waals surface area contributed by atoms with Crippen LogP contribution in [0.25, 0.3) is 0 Å². The number of nitrogens with two attached hydrogens (primary N) is 1. The Hall–Kier alpha value is -1.59. The minimum Gasteiger partial charge on any atom is -0.497 e. The van der Waals surface area contributed by atoms with Crippen molar-refractivity contribution in [3.63, 3.8) is 0 Å². The van der Waals surface area contributed by atoms with E-state index in [2.05, 4.69) is 0 Å². The van der Waals surface area contributed by atoms with Crippen LogP contribution in [0, 0.1) is 0 Å². The maximum atomic E-state index is 10.7. The monoisotopic (exact) mass is 225 g/mol. The number of aliphatic carboxylic acids is 1. The van der Waals surface area contributed by atoms with E-state index in [-0.39, 0.29) is 0 Å². The normalized spacial score (nSPS) is 16.2. The molecule has 0 radical (unpaired) electrons. The predicted molar refractivity (Wildman–Crippen MR) is 58.2 cm³/mol. The zero-order valence-corrected chi connectivity index (χ0v) is 9.18. The Balaban J connectivity index is 3.02. The maximum Gasteiger partial charge on any atom is 0.334 e. The fraction of sp³-hybridized carbons (Fsp3) is 0.364. The summed E-state index contributed by atoms with van der Waals surface area (Å²) in [5.41, 5.74) is 5.00. The second kappa shape index (κ2) is 4.51. The van der Waals surface area contributed by atoms with E-state index in [4.69, 9.17) is 15.6 Å².